The van der Waals surface area contributed by atoms with E-state index in [1.165, 1.54) is 42.2 Å². The largest absolute Gasteiger partial charge is 0.465 e. The number of carbonyl (C=O) groups is 1. The standard InChI is InChI=1S/C24H27NO2/c1-24(2,3)22-14-19-12-15(5-10-21(19)25-22)11-18-9-8-17(16-6-7-16)13-20(18)23(26)27-4/h5,8-10,12-14,16,25H,6-7,11H2,1-4H3. The predicted octanol–water partition coefficient (Wildman–Crippen LogP) is 5.72. The summed E-state index contributed by atoms with van der Waals surface area (Å²) in [5.41, 5.74) is 6.67. The van der Waals surface area contributed by atoms with Gasteiger partial charge in [-0.15, -0.1) is 0 Å². The molecule has 1 heterocycles. The predicted molar refractivity (Wildman–Crippen MR) is 110 cm³/mol. The van der Waals surface area contributed by atoms with Crippen LogP contribution >= 0.6 is 0 Å². The van der Waals surface area contributed by atoms with Crippen LogP contribution in [-0.4, -0.2) is 18.1 Å². The average Bonchev–Trinajstić information content (AvgIpc) is 3.39. The highest BCUT2D eigenvalue weighted by atomic mass is 16.5. The van der Waals surface area contributed by atoms with Gasteiger partial charge in [0.2, 0.25) is 0 Å². The van der Waals surface area contributed by atoms with E-state index in [0.29, 0.717) is 11.5 Å². The van der Waals surface area contributed by atoms with E-state index in [-0.39, 0.29) is 11.4 Å². The zero-order chi connectivity index (χ0) is 19.2. The van der Waals surface area contributed by atoms with E-state index in [2.05, 4.69) is 62.2 Å². The number of aromatic amines is 1. The number of esters is 1. The smallest absolute Gasteiger partial charge is 0.338 e. The van der Waals surface area contributed by atoms with Crippen LogP contribution in [0.15, 0.2) is 42.5 Å². The number of rotatable bonds is 4. The molecule has 3 aromatic rings. The average molecular weight is 361 g/mol. The molecule has 3 nitrogen and oxygen atoms in total. The van der Waals surface area contributed by atoms with Gasteiger partial charge in [-0.25, -0.2) is 4.79 Å². The Labute approximate surface area is 160 Å². The Kier molecular flexibility index (Phi) is 4.33. The summed E-state index contributed by atoms with van der Waals surface area (Å²) in [4.78, 5) is 15.8. The Morgan fingerprint density at radius 3 is 2.56 bits per heavy atom. The Morgan fingerprint density at radius 2 is 1.89 bits per heavy atom. The van der Waals surface area contributed by atoms with Crippen molar-refractivity contribution in [3.8, 4) is 0 Å². The van der Waals surface area contributed by atoms with Gasteiger partial charge in [-0.2, -0.15) is 0 Å². The topological polar surface area (TPSA) is 42.1 Å². The summed E-state index contributed by atoms with van der Waals surface area (Å²) < 4.78 is 5.04. The van der Waals surface area contributed by atoms with E-state index >= 15 is 0 Å². The SMILES string of the molecule is COC(=O)c1cc(C2CC2)ccc1Cc1ccc2[nH]c(C(C)(C)C)cc2c1. The molecule has 0 saturated heterocycles. The van der Waals surface area contributed by atoms with Crippen LogP contribution in [0.5, 0.6) is 0 Å². The first-order valence-corrected chi connectivity index (χ1v) is 9.68. The van der Waals surface area contributed by atoms with Crippen LogP contribution in [0.3, 0.4) is 0 Å². The molecule has 4 rings (SSSR count). The Balaban J connectivity index is 1.67. The highest BCUT2D eigenvalue weighted by Crippen LogP contribution is 2.40. The summed E-state index contributed by atoms with van der Waals surface area (Å²) in [5, 5.41) is 1.21. The Hall–Kier alpha value is -2.55. The van der Waals surface area contributed by atoms with Gasteiger partial charge in [0, 0.05) is 16.6 Å². The number of nitrogens with one attached hydrogen (secondary N) is 1. The molecular formula is C24H27NO2. The second-order valence-corrected chi connectivity index (χ2v) is 8.71. The van der Waals surface area contributed by atoms with Gasteiger partial charge in [0.05, 0.1) is 12.7 Å². The van der Waals surface area contributed by atoms with Crippen molar-refractivity contribution in [2.75, 3.05) is 7.11 Å². The lowest BCUT2D eigenvalue weighted by Crippen LogP contribution is -2.10. The first kappa shape index (κ1) is 17.8. The third kappa shape index (κ3) is 3.64. The minimum Gasteiger partial charge on any atom is -0.465 e. The zero-order valence-corrected chi connectivity index (χ0v) is 16.6. The fourth-order valence-electron chi connectivity index (χ4n) is 3.63. The van der Waals surface area contributed by atoms with E-state index in [0.717, 1.165) is 17.5 Å². The van der Waals surface area contributed by atoms with Crippen LogP contribution in [0, 0.1) is 0 Å². The van der Waals surface area contributed by atoms with Crippen molar-refractivity contribution in [1.29, 1.82) is 0 Å². The van der Waals surface area contributed by atoms with Crippen molar-refractivity contribution >= 4 is 16.9 Å². The third-order valence-corrected chi connectivity index (χ3v) is 5.48. The second-order valence-electron chi connectivity index (χ2n) is 8.71. The van der Waals surface area contributed by atoms with Crippen molar-refractivity contribution in [2.24, 2.45) is 0 Å². The quantitative estimate of drug-likeness (QED) is 0.604. The second kappa shape index (κ2) is 6.56. The van der Waals surface area contributed by atoms with Crippen molar-refractivity contribution in [3.63, 3.8) is 0 Å². The molecule has 1 aliphatic carbocycles. The van der Waals surface area contributed by atoms with Crippen molar-refractivity contribution in [2.45, 2.75) is 51.4 Å². The lowest BCUT2D eigenvalue weighted by molar-refractivity contribution is 0.0599. The van der Waals surface area contributed by atoms with Gasteiger partial charge in [-0.05, 0) is 71.5 Å². The first-order valence-electron chi connectivity index (χ1n) is 9.68. The molecule has 1 N–H and O–H groups in total. The number of hydrogen-bond acceptors (Lipinski definition) is 2. The van der Waals surface area contributed by atoms with E-state index < -0.39 is 0 Å². The molecule has 3 heteroatoms. The van der Waals surface area contributed by atoms with E-state index in [4.69, 9.17) is 4.74 Å². The number of fused-ring (bicyclic) bond motifs is 1. The Bertz CT molecular complexity index is 1000. The number of methoxy groups -OCH3 is 1. The third-order valence-electron chi connectivity index (χ3n) is 5.48. The van der Waals surface area contributed by atoms with Crippen molar-refractivity contribution in [1.82, 2.24) is 4.98 Å². The minimum absolute atomic E-state index is 0.0931. The lowest BCUT2D eigenvalue weighted by Gasteiger charge is -2.15. The summed E-state index contributed by atoms with van der Waals surface area (Å²) in [6.45, 7) is 6.63. The lowest BCUT2D eigenvalue weighted by atomic mass is 9.92. The highest BCUT2D eigenvalue weighted by molar-refractivity contribution is 5.91. The molecule has 27 heavy (non-hydrogen) atoms. The van der Waals surface area contributed by atoms with Crippen molar-refractivity contribution < 1.29 is 9.53 Å². The maximum Gasteiger partial charge on any atom is 0.338 e. The summed E-state index contributed by atoms with van der Waals surface area (Å²) in [7, 11) is 1.45. The normalized spacial score (nSPS) is 14.5. The molecule has 1 aromatic heterocycles. The molecule has 1 saturated carbocycles. The number of benzene rings is 2. The minimum atomic E-state index is -0.245. The molecule has 140 valence electrons. The molecule has 0 unspecified atom stereocenters. The molecule has 0 spiro atoms. The van der Waals surface area contributed by atoms with Gasteiger partial charge < -0.3 is 9.72 Å². The molecule has 0 amide bonds. The van der Waals surface area contributed by atoms with Crippen LogP contribution in [-0.2, 0) is 16.6 Å². The van der Waals surface area contributed by atoms with E-state index in [9.17, 15) is 4.79 Å². The number of aromatic nitrogens is 1. The molecule has 0 aliphatic heterocycles. The summed E-state index contributed by atoms with van der Waals surface area (Å²) >= 11 is 0. The van der Waals surface area contributed by atoms with E-state index in [1.807, 2.05) is 6.07 Å². The van der Waals surface area contributed by atoms with Gasteiger partial charge in [0.15, 0.2) is 0 Å². The Morgan fingerprint density at radius 1 is 1.11 bits per heavy atom. The molecule has 1 aliphatic rings. The van der Waals surface area contributed by atoms with Gasteiger partial charge in [-0.1, -0.05) is 39.0 Å². The number of H-pyrrole nitrogens is 1. The first-order chi connectivity index (χ1) is 12.8. The molecule has 0 atom stereocenters. The maximum absolute atomic E-state index is 12.3. The number of hydrogen-bond donors (Lipinski definition) is 1. The van der Waals surface area contributed by atoms with E-state index in [1.54, 1.807) is 0 Å². The van der Waals surface area contributed by atoms with Crippen LogP contribution in [0.4, 0.5) is 0 Å². The van der Waals surface area contributed by atoms with Gasteiger partial charge in [-0.3, -0.25) is 0 Å². The molecule has 0 radical (unpaired) electrons. The van der Waals surface area contributed by atoms with Gasteiger partial charge in [0.1, 0.15) is 0 Å². The summed E-state index contributed by atoms with van der Waals surface area (Å²) in [6.07, 6.45) is 3.17. The van der Waals surface area contributed by atoms with Crippen LogP contribution in [0.1, 0.15) is 72.3 Å². The molecule has 0 bridgehead atoms. The number of carbonyl (C=O) groups excluding carboxylic acids is 1. The molecule has 2 aromatic carbocycles. The van der Waals surface area contributed by atoms with Crippen LogP contribution in [0.2, 0.25) is 0 Å². The fourth-order valence-corrected chi connectivity index (χ4v) is 3.63. The summed E-state index contributed by atoms with van der Waals surface area (Å²) in [5.74, 6) is 0.375. The fraction of sp³-hybridized carbons (Fsp3) is 0.375. The van der Waals surface area contributed by atoms with Gasteiger partial charge >= 0.3 is 5.97 Å². The number of ether oxygens (including phenoxy) is 1. The van der Waals surface area contributed by atoms with Gasteiger partial charge in [0.25, 0.3) is 0 Å². The van der Waals surface area contributed by atoms with Crippen LogP contribution < -0.4 is 0 Å². The molecule has 1 fully saturated rings. The summed E-state index contributed by atoms with van der Waals surface area (Å²) in [6, 6.07) is 15.0. The van der Waals surface area contributed by atoms with Crippen LogP contribution in [0.25, 0.3) is 10.9 Å². The highest BCUT2D eigenvalue weighted by Gasteiger charge is 2.25. The van der Waals surface area contributed by atoms with Crippen molar-refractivity contribution in [3.05, 3.63) is 70.4 Å². The molecular weight excluding hydrogens is 334 g/mol. The monoisotopic (exact) mass is 361 g/mol. The maximum atomic E-state index is 12.3. The zero-order valence-electron chi connectivity index (χ0n) is 16.6.